The predicted octanol–water partition coefficient (Wildman–Crippen LogP) is 5.50. The molecule has 0 bridgehead atoms. The minimum Gasteiger partial charge on any atom is -0.308 e. The van der Waals surface area contributed by atoms with E-state index in [2.05, 4.69) is 41.4 Å². The maximum Gasteiger partial charge on any atom is 0.191 e. The molecule has 3 aromatic rings. The fourth-order valence-corrected chi connectivity index (χ4v) is 4.33. The number of rotatable bonds is 6. The summed E-state index contributed by atoms with van der Waals surface area (Å²) in [5, 5.41) is 9.65. The largest absolute Gasteiger partial charge is 0.308 e. The highest BCUT2D eigenvalue weighted by molar-refractivity contribution is 7.98. The van der Waals surface area contributed by atoms with Crippen molar-refractivity contribution in [2.75, 3.05) is 0 Å². The van der Waals surface area contributed by atoms with Gasteiger partial charge in [0.05, 0.1) is 5.75 Å². The van der Waals surface area contributed by atoms with E-state index in [9.17, 15) is 4.39 Å². The molecule has 0 aliphatic heterocycles. The molecule has 0 fully saturated rings. The standard InChI is InChI=1S/C18H17ClFN3S2/c1-12-6-8-13(9-7-12)24-11-17-21-22-18(23(17)2)25-10-14-15(19)4-3-5-16(14)20/h3-9H,10-11H2,1-2H3. The van der Waals surface area contributed by atoms with Crippen LogP contribution in [0.4, 0.5) is 4.39 Å². The average Bonchev–Trinajstić information content (AvgIpc) is 2.94. The molecule has 0 unspecified atom stereocenters. The van der Waals surface area contributed by atoms with E-state index in [0.29, 0.717) is 16.3 Å². The number of hydrogen-bond donors (Lipinski definition) is 0. The van der Waals surface area contributed by atoms with E-state index in [1.165, 1.54) is 28.3 Å². The van der Waals surface area contributed by atoms with Gasteiger partial charge in [-0.1, -0.05) is 47.1 Å². The summed E-state index contributed by atoms with van der Waals surface area (Å²) in [6, 6.07) is 13.1. The van der Waals surface area contributed by atoms with E-state index in [0.717, 1.165) is 16.7 Å². The second-order valence-electron chi connectivity index (χ2n) is 5.55. The summed E-state index contributed by atoms with van der Waals surface area (Å²) >= 11 is 9.21. The van der Waals surface area contributed by atoms with E-state index in [1.54, 1.807) is 23.9 Å². The van der Waals surface area contributed by atoms with Crippen LogP contribution < -0.4 is 0 Å². The second-order valence-corrected chi connectivity index (χ2v) is 7.95. The van der Waals surface area contributed by atoms with Crippen LogP contribution in [0.3, 0.4) is 0 Å². The van der Waals surface area contributed by atoms with Gasteiger partial charge in [-0.05, 0) is 31.2 Å². The lowest BCUT2D eigenvalue weighted by Gasteiger charge is -2.06. The number of aryl methyl sites for hydroxylation is 1. The van der Waals surface area contributed by atoms with Crippen molar-refractivity contribution >= 4 is 35.1 Å². The van der Waals surface area contributed by atoms with Crippen LogP contribution in [0.5, 0.6) is 0 Å². The van der Waals surface area contributed by atoms with Crippen molar-refractivity contribution in [1.29, 1.82) is 0 Å². The van der Waals surface area contributed by atoms with E-state index in [-0.39, 0.29) is 5.82 Å². The summed E-state index contributed by atoms with van der Waals surface area (Å²) in [7, 11) is 1.93. The lowest BCUT2D eigenvalue weighted by molar-refractivity contribution is 0.617. The average molecular weight is 394 g/mol. The molecule has 7 heteroatoms. The summed E-state index contributed by atoms with van der Waals surface area (Å²) < 4.78 is 15.8. The summed E-state index contributed by atoms with van der Waals surface area (Å²) in [5.41, 5.74) is 1.74. The molecule has 3 nitrogen and oxygen atoms in total. The topological polar surface area (TPSA) is 30.7 Å². The van der Waals surface area contributed by atoms with Gasteiger partial charge in [0.25, 0.3) is 0 Å². The Kier molecular flexibility index (Phi) is 6.04. The second kappa shape index (κ2) is 8.25. The monoisotopic (exact) mass is 393 g/mol. The minimum atomic E-state index is -0.294. The van der Waals surface area contributed by atoms with Crippen molar-refractivity contribution in [2.24, 2.45) is 7.05 Å². The van der Waals surface area contributed by atoms with E-state index in [1.807, 2.05) is 11.6 Å². The normalized spacial score (nSPS) is 11.0. The van der Waals surface area contributed by atoms with Gasteiger partial charge in [0, 0.05) is 28.3 Å². The molecule has 0 atom stereocenters. The van der Waals surface area contributed by atoms with Gasteiger partial charge in [-0.3, -0.25) is 0 Å². The molecule has 0 N–H and O–H groups in total. The fraction of sp³-hybridized carbons (Fsp3) is 0.222. The van der Waals surface area contributed by atoms with Crippen molar-refractivity contribution in [3.05, 3.63) is 70.3 Å². The number of benzene rings is 2. The Bertz CT molecular complexity index is 845. The third-order valence-electron chi connectivity index (χ3n) is 3.72. The predicted molar refractivity (Wildman–Crippen MR) is 103 cm³/mol. The third-order valence-corrected chi connectivity index (χ3v) is 6.13. The Hall–Kier alpha value is -1.50. The van der Waals surface area contributed by atoms with Gasteiger partial charge in [-0.25, -0.2) is 4.39 Å². The first-order valence-electron chi connectivity index (χ1n) is 7.68. The number of nitrogens with zero attached hydrogens (tertiary/aromatic N) is 3. The molecule has 0 saturated carbocycles. The Morgan fingerprint density at radius 1 is 1.04 bits per heavy atom. The van der Waals surface area contributed by atoms with Gasteiger partial charge in [-0.15, -0.1) is 22.0 Å². The van der Waals surface area contributed by atoms with E-state index < -0.39 is 0 Å². The van der Waals surface area contributed by atoms with Crippen LogP contribution in [0.1, 0.15) is 17.0 Å². The highest BCUT2D eigenvalue weighted by atomic mass is 35.5. The van der Waals surface area contributed by atoms with Crippen molar-refractivity contribution in [3.8, 4) is 0 Å². The molecule has 3 rings (SSSR count). The lowest BCUT2D eigenvalue weighted by atomic mass is 10.2. The summed E-state index contributed by atoms with van der Waals surface area (Å²) in [4.78, 5) is 1.20. The molecule has 0 spiro atoms. The molecule has 2 aromatic carbocycles. The summed E-state index contributed by atoms with van der Waals surface area (Å²) in [6.45, 7) is 2.07. The lowest BCUT2D eigenvalue weighted by Crippen LogP contribution is -1.98. The number of thioether (sulfide) groups is 2. The van der Waals surface area contributed by atoms with Crippen LogP contribution in [0.25, 0.3) is 0 Å². The van der Waals surface area contributed by atoms with Crippen LogP contribution in [-0.4, -0.2) is 14.8 Å². The molecule has 0 saturated heterocycles. The molecule has 130 valence electrons. The van der Waals surface area contributed by atoms with Gasteiger partial charge < -0.3 is 4.57 Å². The highest BCUT2D eigenvalue weighted by Gasteiger charge is 2.13. The molecule has 0 aliphatic carbocycles. The zero-order valence-corrected chi connectivity index (χ0v) is 16.3. The quantitative estimate of drug-likeness (QED) is 0.517. The Labute approximate surface area is 160 Å². The Morgan fingerprint density at radius 3 is 2.52 bits per heavy atom. The van der Waals surface area contributed by atoms with Crippen molar-refractivity contribution in [1.82, 2.24) is 14.8 Å². The van der Waals surface area contributed by atoms with Crippen LogP contribution in [0.2, 0.25) is 5.02 Å². The SMILES string of the molecule is Cc1ccc(SCc2nnc(SCc3c(F)cccc3Cl)n2C)cc1. The van der Waals surface area contributed by atoms with Gasteiger partial charge in [0.1, 0.15) is 11.6 Å². The molecule has 0 radical (unpaired) electrons. The fourth-order valence-electron chi connectivity index (χ4n) is 2.19. The maximum atomic E-state index is 13.9. The van der Waals surface area contributed by atoms with Crippen LogP contribution in [0, 0.1) is 12.7 Å². The third kappa shape index (κ3) is 4.57. The van der Waals surface area contributed by atoms with Gasteiger partial charge in [0.15, 0.2) is 5.16 Å². The molecule has 1 aromatic heterocycles. The molecule has 0 amide bonds. The maximum absolute atomic E-state index is 13.9. The molecular weight excluding hydrogens is 377 g/mol. The van der Waals surface area contributed by atoms with Crippen LogP contribution in [-0.2, 0) is 18.6 Å². The van der Waals surface area contributed by atoms with Gasteiger partial charge >= 0.3 is 0 Å². The Balaban J connectivity index is 1.64. The minimum absolute atomic E-state index is 0.294. The zero-order chi connectivity index (χ0) is 17.8. The van der Waals surface area contributed by atoms with Gasteiger partial charge in [0.2, 0.25) is 0 Å². The summed E-state index contributed by atoms with van der Waals surface area (Å²) in [6.07, 6.45) is 0. The summed E-state index contributed by atoms with van der Waals surface area (Å²) in [5.74, 6) is 1.74. The molecule has 0 aliphatic rings. The first kappa shape index (κ1) is 18.3. The number of hydrogen-bond acceptors (Lipinski definition) is 4. The van der Waals surface area contributed by atoms with Gasteiger partial charge in [-0.2, -0.15) is 0 Å². The highest BCUT2D eigenvalue weighted by Crippen LogP contribution is 2.29. The first-order chi connectivity index (χ1) is 12.0. The van der Waals surface area contributed by atoms with Crippen LogP contribution in [0.15, 0.2) is 52.5 Å². The number of halogens is 2. The first-order valence-corrected chi connectivity index (χ1v) is 10.0. The van der Waals surface area contributed by atoms with Crippen molar-refractivity contribution < 1.29 is 4.39 Å². The molecular formula is C18H17ClFN3S2. The molecule has 25 heavy (non-hydrogen) atoms. The smallest absolute Gasteiger partial charge is 0.191 e. The number of aromatic nitrogens is 3. The van der Waals surface area contributed by atoms with Crippen molar-refractivity contribution in [3.63, 3.8) is 0 Å². The van der Waals surface area contributed by atoms with Crippen molar-refractivity contribution in [2.45, 2.75) is 28.5 Å². The Morgan fingerprint density at radius 2 is 1.80 bits per heavy atom. The zero-order valence-electron chi connectivity index (χ0n) is 13.9. The van der Waals surface area contributed by atoms with E-state index in [4.69, 9.17) is 11.6 Å². The van der Waals surface area contributed by atoms with Crippen LogP contribution >= 0.6 is 35.1 Å². The molecule has 1 heterocycles. The van der Waals surface area contributed by atoms with E-state index >= 15 is 0 Å².